The molecule has 0 radical (unpaired) electrons. The zero-order chi connectivity index (χ0) is 16.5. The first kappa shape index (κ1) is 20.5. The van der Waals surface area contributed by atoms with Crippen molar-refractivity contribution in [1.29, 1.82) is 0 Å². The van der Waals surface area contributed by atoms with E-state index >= 15 is 0 Å². The summed E-state index contributed by atoms with van der Waals surface area (Å²) in [4.78, 5) is 23.9. The zero-order valence-corrected chi connectivity index (χ0v) is 24.1. The molecule has 0 saturated heterocycles. The van der Waals surface area contributed by atoms with E-state index in [0.717, 1.165) is 12.4 Å². The van der Waals surface area contributed by atoms with E-state index < -0.39 is 55.1 Å². The zero-order valence-electron chi connectivity index (χ0n) is 15.5. The van der Waals surface area contributed by atoms with E-state index in [1.807, 2.05) is 0 Å². The van der Waals surface area contributed by atoms with Crippen LogP contribution in [-0.2, 0) is 0 Å². The number of para-hydroxylation sites is 1. The monoisotopic (exact) mass is 614 g/mol. The Morgan fingerprint density at radius 2 is 1.10 bits per heavy atom. The van der Waals surface area contributed by atoms with Crippen LogP contribution >= 0.6 is 0 Å². The van der Waals surface area contributed by atoms with E-state index in [0.29, 0.717) is -0.537 Å². The van der Waals surface area contributed by atoms with Crippen molar-refractivity contribution in [2.45, 2.75) is 43.9 Å². The normalized spacial score (nSPS) is 14.1. The minimum absolute atomic E-state index is 0.674. The summed E-state index contributed by atoms with van der Waals surface area (Å²) in [6.45, 7) is 1.01. The average Bonchev–Trinajstić information content (AvgIpc) is 2.25. The number of hydrogen-bond acceptors (Lipinski definition) is 1. The van der Waals surface area contributed by atoms with Crippen LogP contribution in [0.4, 0.5) is 0 Å². The van der Waals surface area contributed by atoms with Gasteiger partial charge < -0.3 is 0 Å². The molecule has 1 aromatic carbocycles. The fraction of sp³-hybridized carbons (Fsp3) is 0.647. The number of rotatable bonds is 6. The van der Waals surface area contributed by atoms with Crippen molar-refractivity contribution in [3.8, 4) is 5.75 Å². The second kappa shape index (κ2) is 7.12. The van der Waals surface area contributed by atoms with E-state index in [9.17, 15) is 0 Å². The molecule has 0 N–H and O–H groups in total. The third kappa shape index (κ3) is 4.49. The molecule has 0 unspecified atom stereocenters. The van der Waals surface area contributed by atoms with Crippen molar-refractivity contribution in [2.24, 2.45) is 0 Å². The summed E-state index contributed by atoms with van der Waals surface area (Å²) in [5, 5.41) is 0. The number of benzene rings is 1. The topological polar surface area (TPSA) is 9.23 Å². The van der Waals surface area contributed by atoms with Crippen LogP contribution in [0, 0.1) is 0 Å². The third-order valence-electron chi connectivity index (χ3n) is 5.04. The van der Waals surface area contributed by atoms with Gasteiger partial charge in [0.15, 0.2) is 0 Å². The molecule has 0 fully saturated rings. The molecule has 0 heterocycles. The summed E-state index contributed by atoms with van der Waals surface area (Å²) in [5.74, 6) is 1.06. The number of hydrogen-bond donors (Lipinski definition) is 0. The van der Waals surface area contributed by atoms with Crippen molar-refractivity contribution in [3.63, 3.8) is 0 Å². The van der Waals surface area contributed by atoms with Crippen LogP contribution in [0.15, 0.2) is 30.3 Å². The van der Waals surface area contributed by atoms with Crippen LogP contribution in [0.2, 0.25) is 43.9 Å². The molecule has 0 spiro atoms. The predicted octanol–water partition coefficient (Wildman–Crippen LogP) is 5.90. The fourth-order valence-corrected chi connectivity index (χ4v) is 158. The van der Waals surface area contributed by atoms with Gasteiger partial charge >= 0.3 is 146 Å². The van der Waals surface area contributed by atoms with Gasteiger partial charge in [-0.15, -0.1) is 0 Å². The first-order valence-electron chi connectivity index (χ1n) is 8.01. The van der Waals surface area contributed by atoms with Crippen LogP contribution in [-0.4, -0.2) is 61.7 Å². The Morgan fingerprint density at radius 3 is 1.43 bits per heavy atom. The number of ether oxygens (including phenoxy) is 1. The molecule has 0 aliphatic carbocycles. The Balaban J connectivity index is 3.25. The van der Waals surface area contributed by atoms with Gasteiger partial charge in [0.25, 0.3) is 0 Å². The average molecular weight is 611 g/mol. The summed E-state index contributed by atoms with van der Waals surface area (Å²) < 4.78 is 7.08. The van der Waals surface area contributed by atoms with E-state index in [1.54, 1.807) is 0 Å². The first-order valence-corrected chi connectivity index (χ1v) is 38.0. The SMILES string of the molecule is [CH3][Sn]([CH3])([CH3])[C](COc1ccccc1)([Sn]([CH3])([CH3])[CH3])[Sn]([CH3])([CH3])[CH3]. The van der Waals surface area contributed by atoms with Gasteiger partial charge in [-0.3, -0.25) is 0 Å². The molecule has 4 heteroatoms. The molecule has 21 heavy (non-hydrogen) atoms. The van der Waals surface area contributed by atoms with Crippen molar-refractivity contribution in [2.75, 3.05) is 6.61 Å². The molecule has 0 aromatic heterocycles. The standard InChI is InChI=1S/C8H7O.9CH3.3Sn/c1-2-9-8-6-4-3-5-7-8;;;;;;;;;;;;/h3-7H,2H2;9*1H3;;;. The Kier molecular flexibility index (Phi) is 6.93. The van der Waals surface area contributed by atoms with E-state index in [-0.39, 0.29) is 0 Å². The molecule has 0 bridgehead atoms. The van der Waals surface area contributed by atoms with Crippen LogP contribution in [0.5, 0.6) is 5.75 Å². The summed E-state index contributed by atoms with van der Waals surface area (Å²) in [6.07, 6.45) is 0. The minimum atomic E-state index is -2.13. The van der Waals surface area contributed by atoms with E-state index in [2.05, 4.69) is 74.8 Å². The van der Waals surface area contributed by atoms with Gasteiger partial charge in [-0.2, -0.15) is 0 Å². The maximum atomic E-state index is 6.41. The van der Waals surface area contributed by atoms with Gasteiger partial charge in [0.05, 0.1) is 0 Å². The molecule has 0 atom stereocenters. The Hall–Kier alpha value is 1.42. The van der Waals surface area contributed by atoms with Crippen molar-refractivity contribution < 1.29 is 4.74 Å². The maximum absolute atomic E-state index is 6.41. The first-order chi connectivity index (χ1) is 9.33. The van der Waals surface area contributed by atoms with Crippen molar-refractivity contribution in [3.05, 3.63) is 30.3 Å². The molecule has 120 valence electrons. The molecule has 1 nitrogen and oxygen atoms in total. The summed E-state index contributed by atoms with van der Waals surface area (Å²) in [6, 6.07) is 10.4. The van der Waals surface area contributed by atoms with Gasteiger partial charge in [-0.05, 0) is 0 Å². The second-order valence-electron chi connectivity index (χ2n) is 9.26. The molecule has 0 saturated carbocycles. The Morgan fingerprint density at radius 1 is 0.714 bits per heavy atom. The van der Waals surface area contributed by atoms with Gasteiger partial charge in [0.1, 0.15) is 0 Å². The molecular formula is C17H34OSn3. The third-order valence-corrected chi connectivity index (χ3v) is 114. The Bertz CT molecular complexity index is 414. The summed E-state index contributed by atoms with van der Waals surface area (Å²) in [7, 11) is 0. The van der Waals surface area contributed by atoms with Gasteiger partial charge in [-0.25, -0.2) is 0 Å². The molecule has 1 rings (SSSR count). The Labute approximate surface area is 144 Å². The van der Waals surface area contributed by atoms with Gasteiger partial charge in [0, 0.05) is 0 Å². The molecule has 0 aliphatic rings. The molecule has 0 aliphatic heterocycles. The molecular weight excluding hydrogens is 576 g/mol. The van der Waals surface area contributed by atoms with Crippen LogP contribution in [0.3, 0.4) is 0 Å². The fourth-order valence-electron chi connectivity index (χ4n) is 4.73. The van der Waals surface area contributed by atoms with Gasteiger partial charge in [0.2, 0.25) is 0 Å². The second-order valence-corrected chi connectivity index (χ2v) is 67.3. The van der Waals surface area contributed by atoms with Gasteiger partial charge in [-0.1, -0.05) is 0 Å². The van der Waals surface area contributed by atoms with E-state index in [4.69, 9.17) is 4.74 Å². The van der Waals surface area contributed by atoms with Crippen LogP contribution in [0.1, 0.15) is 0 Å². The van der Waals surface area contributed by atoms with Crippen LogP contribution in [0.25, 0.3) is 0 Å². The van der Waals surface area contributed by atoms with Crippen molar-refractivity contribution >= 4 is 55.1 Å². The van der Waals surface area contributed by atoms with Crippen molar-refractivity contribution in [1.82, 2.24) is 0 Å². The summed E-state index contributed by atoms with van der Waals surface area (Å²) >= 11 is -6.39. The van der Waals surface area contributed by atoms with E-state index in [1.165, 1.54) is 0 Å². The van der Waals surface area contributed by atoms with Crippen LogP contribution < -0.4 is 4.74 Å². The summed E-state index contributed by atoms with van der Waals surface area (Å²) in [5.41, 5.74) is 0. The predicted molar refractivity (Wildman–Crippen MR) is 105 cm³/mol. The quantitative estimate of drug-likeness (QED) is 0.365. The molecule has 1 aromatic rings. The molecule has 0 amide bonds.